The number of anilines is 1. The maximum atomic E-state index is 11.3. The maximum Gasteiger partial charge on any atom is 0.236 e. The van der Waals surface area contributed by atoms with Crippen molar-refractivity contribution >= 4 is 21.4 Å². The Morgan fingerprint density at radius 1 is 1.40 bits per heavy atom. The highest BCUT2D eigenvalue weighted by Gasteiger charge is 2.12. The van der Waals surface area contributed by atoms with Crippen molar-refractivity contribution in [2.24, 2.45) is 5.73 Å². The van der Waals surface area contributed by atoms with Gasteiger partial charge in [-0.05, 0) is 12.1 Å². The first-order chi connectivity index (χ1) is 6.91. The zero-order chi connectivity index (χ0) is 11.5. The summed E-state index contributed by atoms with van der Waals surface area (Å²) in [5.74, 6) is -0.543. The maximum absolute atomic E-state index is 11.3. The van der Waals surface area contributed by atoms with E-state index in [1.54, 1.807) is 18.2 Å². The number of primary amides is 1. The van der Waals surface area contributed by atoms with E-state index in [9.17, 15) is 13.2 Å². The molecule has 82 valence electrons. The molecule has 0 aromatic heterocycles. The second-order valence-corrected chi connectivity index (χ2v) is 5.07. The zero-order valence-electron chi connectivity index (χ0n) is 8.23. The SMILES string of the molecule is CS(=O)(=O)c1ccccc1NCC(N)=O. The van der Waals surface area contributed by atoms with E-state index in [4.69, 9.17) is 5.73 Å². The highest BCUT2D eigenvalue weighted by atomic mass is 32.2. The summed E-state index contributed by atoms with van der Waals surface area (Å²) in [7, 11) is -3.30. The largest absolute Gasteiger partial charge is 0.375 e. The molecule has 5 nitrogen and oxygen atoms in total. The number of carbonyl (C=O) groups excluding carboxylic acids is 1. The molecular formula is C9H12N2O3S. The normalized spacial score (nSPS) is 11.0. The van der Waals surface area contributed by atoms with Crippen molar-refractivity contribution in [3.63, 3.8) is 0 Å². The molecule has 0 spiro atoms. The van der Waals surface area contributed by atoms with Crippen LogP contribution in [0.2, 0.25) is 0 Å². The molecule has 1 amide bonds. The smallest absolute Gasteiger partial charge is 0.236 e. The first-order valence-electron chi connectivity index (χ1n) is 4.22. The summed E-state index contributed by atoms with van der Waals surface area (Å²) in [6.45, 7) is -0.0907. The predicted molar refractivity (Wildman–Crippen MR) is 57.2 cm³/mol. The molecule has 0 unspecified atom stereocenters. The number of amides is 1. The van der Waals surface area contributed by atoms with Gasteiger partial charge in [-0.15, -0.1) is 0 Å². The predicted octanol–water partition coefficient (Wildman–Crippen LogP) is -0.0127. The second kappa shape index (κ2) is 4.31. The molecule has 15 heavy (non-hydrogen) atoms. The fourth-order valence-corrected chi connectivity index (χ4v) is 1.98. The molecule has 1 rings (SSSR count). The van der Waals surface area contributed by atoms with Crippen LogP contribution in [0.1, 0.15) is 0 Å². The van der Waals surface area contributed by atoms with Crippen molar-refractivity contribution in [3.8, 4) is 0 Å². The van der Waals surface area contributed by atoms with Gasteiger partial charge in [-0.1, -0.05) is 12.1 Å². The number of para-hydroxylation sites is 1. The lowest BCUT2D eigenvalue weighted by atomic mass is 10.3. The van der Waals surface area contributed by atoms with E-state index < -0.39 is 15.7 Å². The van der Waals surface area contributed by atoms with E-state index in [1.807, 2.05) is 0 Å². The van der Waals surface area contributed by atoms with Gasteiger partial charge in [0.15, 0.2) is 9.84 Å². The van der Waals surface area contributed by atoms with Crippen LogP contribution in [-0.2, 0) is 14.6 Å². The molecular weight excluding hydrogens is 216 g/mol. The molecule has 3 N–H and O–H groups in total. The van der Waals surface area contributed by atoms with Crippen molar-refractivity contribution in [3.05, 3.63) is 24.3 Å². The van der Waals surface area contributed by atoms with Crippen LogP contribution in [-0.4, -0.2) is 27.1 Å². The van der Waals surface area contributed by atoms with Crippen LogP contribution in [0.15, 0.2) is 29.2 Å². The first-order valence-corrected chi connectivity index (χ1v) is 6.11. The van der Waals surface area contributed by atoms with E-state index in [0.29, 0.717) is 5.69 Å². The molecule has 0 fully saturated rings. The van der Waals surface area contributed by atoms with Crippen LogP contribution in [0.5, 0.6) is 0 Å². The molecule has 0 saturated heterocycles. The minimum Gasteiger partial charge on any atom is -0.375 e. The Hall–Kier alpha value is -1.56. The van der Waals surface area contributed by atoms with Gasteiger partial charge in [0.25, 0.3) is 0 Å². The summed E-state index contributed by atoms with van der Waals surface area (Å²) in [5.41, 5.74) is 5.34. The third-order valence-corrected chi connectivity index (χ3v) is 2.89. The number of sulfone groups is 1. The van der Waals surface area contributed by atoms with Crippen molar-refractivity contribution in [2.45, 2.75) is 4.90 Å². The molecule has 0 radical (unpaired) electrons. The van der Waals surface area contributed by atoms with Gasteiger partial charge in [0, 0.05) is 6.26 Å². The Bertz CT molecular complexity index is 468. The summed E-state index contributed by atoms with van der Waals surface area (Å²) >= 11 is 0. The van der Waals surface area contributed by atoms with Gasteiger partial charge in [-0.3, -0.25) is 4.79 Å². The Balaban J connectivity index is 3.02. The van der Waals surface area contributed by atoms with Crippen LogP contribution >= 0.6 is 0 Å². The lowest BCUT2D eigenvalue weighted by Gasteiger charge is -2.08. The Morgan fingerprint density at radius 3 is 2.53 bits per heavy atom. The zero-order valence-corrected chi connectivity index (χ0v) is 9.04. The average molecular weight is 228 g/mol. The third kappa shape index (κ3) is 3.25. The number of rotatable bonds is 4. The van der Waals surface area contributed by atoms with Crippen LogP contribution < -0.4 is 11.1 Å². The van der Waals surface area contributed by atoms with Gasteiger partial charge in [0.2, 0.25) is 5.91 Å². The van der Waals surface area contributed by atoms with Gasteiger partial charge in [0.1, 0.15) is 0 Å². The van der Waals surface area contributed by atoms with Crippen LogP contribution in [0.3, 0.4) is 0 Å². The van der Waals surface area contributed by atoms with Gasteiger partial charge < -0.3 is 11.1 Å². The monoisotopic (exact) mass is 228 g/mol. The Kier molecular flexibility index (Phi) is 3.31. The van der Waals surface area contributed by atoms with Gasteiger partial charge >= 0.3 is 0 Å². The fraction of sp³-hybridized carbons (Fsp3) is 0.222. The number of nitrogens with two attached hydrogens (primary N) is 1. The highest BCUT2D eigenvalue weighted by molar-refractivity contribution is 7.90. The van der Waals surface area contributed by atoms with Crippen LogP contribution in [0.4, 0.5) is 5.69 Å². The topological polar surface area (TPSA) is 89.3 Å². The van der Waals surface area contributed by atoms with Gasteiger partial charge in [0.05, 0.1) is 17.1 Å². The van der Waals surface area contributed by atoms with Gasteiger partial charge in [-0.2, -0.15) is 0 Å². The minimum atomic E-state index is -3.30. The number of nitrogens with one attached hydrogen (secondary N) is 1. The molecule has 0 heterocycles. The molecule has 0 atom stereocenters. The first kappa shape index (κ1) is 11.5. The average Bonchev–Trinajstić information content (AvgIpc) is 2.13. The lowest BCUT2D eigenvalue weighted by molar-refractivity contribution is -0.116. The summed E-state index contributed by atoms with van der Waals surface area (Å²) in [5, 5.41) is 2.67. The molecule has 0 aliphatic carbocycles. The van der Waals surface area contributed by atoms with Crippen LogP contribution in [0, 0.1) is 0 Å². The molecule has 0 saturated carbocycles. The van der Waals surface area contributed by atoms with Gasteiger partial charge in [-0.25, -0.2) is 8.42 Å². The standard InChI is InChI=1S/C9H12N2O3S/c1-15(13,14)8-5-3-2-4-7(8)11-6-9(10)12/h2-5,11H,6H2,1H3,(H2,10,12). The van der Waals surface area contributed by atoms with E-state index in [0.717, 1.165) is 6.26 Å². The Morgan fingerprint density at radius 2 is 2.00 bits per heavy atom. The molecule has 0 bridgehead atoms. The van der Waals surface area contributed by atoms with E-state index in [-0.39, 0.29) is 11.4 Å². The molecule has 1 aromatic carbocycles. The van der Waals surface area contributed by atoms with Crippen molar-refractivity contribution in [1.82, 2.24) is 0 Å². The molecule has 6 heteroatoms. The van der Waals surface area contributed by atoms with Crippen molar-refractivity contribution < 1.29 is 13.2 Å². The summed E-state index contributed by atoms with van der Waals surface area (Å²) in [6.07, 6.45) is 1.11. The van der Waals surface area contributed by atoms with Crippen molar-refractivity contribution in [2.75, 3.05) is 18.1 Å². The minimum absolute atomic E-state index is 0.0907. The lowest BCUT2D eigenvalue weighted by Crippen LogP contribution is -2.22. The Labute approximate surface area is 88.2 Å². The molecule has 1 aromatic rings. The summed E-state index contributed by atoms with van der Waals surface area (Å²) < 4.78 is 22.7. The number of benzene rings is 1. The quantitative estimate of drug-likeness (QED) is 0.758. The van der Waals surface area contributed by atoms with Crippen LogP contribution in [0.25, 0.3) is 0 Å². The van der Waals surface area contributed by atoms with E-state index in [1.165, 1.54) is 6.07 Å². The highest BCUT2D eigenvalue weighted by Crippen LogP contribution is 2.19. The summed E-state index contributed by atoms with van der Waals surface area (Å²) in [4.78, 5) is 10.7. The van der Waals surface area contributed by atoms with E-state index >= 15 is 0 Å². The second-order valence-electron chi connectivity index (χ2n) is 3.09. The third-order valence-electron chi connectivity index (χ3n) is 1.74. The number of hydrogen-bond donors (Lipinski definition) is 2. The van der Waals surface area contributed by atoms with E-state index in [2.05, 4.69) is 5.32 Å². The van der Waals surface area contributed by atoms with Crippen molar-refractivity contribution in [1.29, 1.82) is 0 Å². The fourth-order valence-electron chi connectivity index (χ4n) is 1.12. The number of hydrogen-bond acceptors (Lipinski definition) is 4. The summed E-state index contributed by atoms with van der Waals surface area (Å²) in [6, 6.07) is 6.35. The molecule has 0 aliphatic rings. The molecule has 0 aliphatic heterocycles. The number of carbonyl (C=O) groups is 1.